The largest absolute Gasteiger partial charge is 0.435 e. The van der Waals surface area contributed by atoms with Gasteiger partial charge in [-0.15, -0.1) is 0 Å². The fraction of sp³-hybridized carbons (Fsp3) is 0.381. The fourth-order valence-electron chi connectivity index (χ4n) is 3.59. The average Bonchev–Trinajstić information content (AvgIpc) is 3.47. The summed E-state index contributed by atoms with van der Waals surface area (Å²) in [4.78, 5) is 17.0. The molecule has 0 saturated heterocycles. The van der Waals surface area contributed by atoms with Gasteiger partial charge in [-0.1, -0.05) is 0 Å². The molecule has 4 aromatic rings. The topological polar surface area (TPSA) is 94.9 Å². The van der Waals surface area contributed by atoms with Crippen molar-refractivity contribution >= 4 is 11.6 Å². The number of alkyl halides is 3. The Labute approximate surface area is 187 Å². The minimum Gasteiger partial charge on any atom is -0.352 e. The van der Waals surface area contributed by atoms with E-state index < -0.39 is 11.9 Å². The molecular weight excluding hydrogens is 437 g/mol. The summed E-state index contributed by atoms with van der Waals surface area (Å²) in [5.74, 6) is -0.358. The molecule has 4 rings (SSSR count). The molecule has 0 bridgehead atoms. The highest BCUT2D eigenvalue weighted by Crippen LogP contribution is 2.28. The maximum atomic E-state index is 12.8. The Bertz CT molecular complexity index is 1300. The van der Waals surface area contributed by atoms with Crippen molar-refractivity contribution < 1.29 is 18.0 Å². The normalized spacial score (nSPS) is 11.9. The molecule has 4 aromatic heterocycles. The van der Waals surface area contributed by atoms with E-state index in [-0.39, 0.29) is 19.0 Å². The Morgan fingerprint density at radius 3 is 2.67 bits per heavy atom. The van der Waals surface area contributed by atoms with Crippen LogP contribution >= 0.6 is 0 Å². The molecule has 0 aliphatic rings. The van der Waals surface area contributed by atoms with Crippen LogP contribution in [-0.2, 0) is 19.3 Å². The molecule has 0 unspecified atom stereocenters. The third-order valence-electron chi connectivity index (χ3n) is 5.30. The number of halogens is 3. The Kier molecular flexibility index (Phi) is 5.91. The monoisotopic (exact) mass is 460 g/mol. The van der Waals surface area contributed by atoms with Crippen LogP contribution in [0.2, 0.25) is 0 Å². The first-order chi connectivity index (χ1) is 15.7. The lowest BCUT2D eigenvalue weighted by Gasteiger charge is -2.07. The Hall–Kier alpha value is -3.70. The summed E-state index contributed by atoms with van der Waals surface area (Å²) < 4.78 is 43.1. The molecule has 4 heterocycles. The van der Waals surface area contributed by atoms with Gasteiger partial charge in [-0.3, -0.25) is 14.2 Å². The second-order valence-electron chi connectivity index (χ2n) is 7.61. The SMILES string of the molecule is CCn1cc(-c2ccnc3c(C(=O)NCCCn4nc(C(F)(F)F)cc4C)cnn23)c(C)n1. The molecule has 0 radical (unpaired) electrons. The van der Waals surface area contributed by atoms with E-state index in [1.807, 2.05) is 30.8 Å². The Morgan fingerprint density at radius 1 is 1.21 bits per heavy atom. The van der Waals surface area contributed by atoms with Gasteiger partial charge in [0, 0.05) is 43.3 Å². The molecule has 174 valence electrons. The van der Waals surface area contributed by atoms with Gasteiger partial charge in [0.25, 0.3) is 5.91 Å². The van der Waals surface area contributed by atoms with Crippen LogP contribution in [0.25, 0.3) is 16.9 Å². The summed E-state index contributed by atoms with van der Waals surface area (Å²) in [5.41, 5.74) is 2.72. The van der Waals surface area contributed by atoms with Gasteiger partial charge < -0.3 is 5.32 Å². The van der Waals surface area contributed by atoms with E-state index in [0.29, 0.717) is 23.3 Å². The van der Waals surface area contributed by atoms with Crippen molar-refractivity contribution in [2.45, 2.75) is 46.5 Å². The molecule has 0 aliphatic carbocycles. The number of nitrogens with zero attached hydrogens (tertiary/aromatic N) is 7. The lowest BCUT2D eigenvalue weighted by Crippen LogP contribution is -2.25. The van der Waals surface area contributed by atoms with Gasteiger partial charge in [-0.25, -0.2) is 9.50 Å². The second kappa shape index (κ2) is 8.68. The molecule has 0 fully saturated rings. The highest BCUT2D eigenvalue weighted by atomic mass is 19.4. The van der Waals surface area contributed by atoms with Crippen LogP contribution in [0.15, 0.2) is 30.7 Å². The van der Waals surface area contributed by atoms with E-state index in [0.717, 1.165) is 29.6 Å². The zero-order valence-corrected chi connectivity index (χ0v) is 18.4. The number of carbonyl (C=O) groups excluding carboxylic acids is 1. The standard InChI is InChI=1S/C21H23F3N8O/c1-4-30-12-16(14(3)28-30)17-6-8-25-19-15(11-27-32(17)19)20(33)26-7-5-9-31-13(2)10-18(29-31)21(22,23)24/h6,8,10-12H,4-5,7,9H2,1-3H3,(H,26,33). The van der Waals surface area contributed by atoms with Gasteiger partial charge in [0.05, 0.1) is 17.6 Å². The first-order valence-corrected chi connectivity index (χ1v) is 10.5. The zero-order valence-electron chi connectivity index (χ0n) is 18.4. The minimum atomic E-state index is -4.48. The number of aryl methyl sites for hydroxylation is 4. The summed E-state index contributed by atoms with van der Waals surface area (Å²) in [7, 11) is 0. The maximum Gasteiger partial charge on any atom is 0.435 e. The molecule has 1 N–H and O–H groups in total. The molecule has 0 spiro atoms. The number of hydrogen-bond donors (Lipinski definition) is 1. The highest BCUT2D eigenvalue weighted by Gasteiger charge is 2.34. The van der Waals surface area contributed by atoms with E-state index in [4.69, 9.17) is 0 Å². The number of hydrogen-bond acceptors (Lipinski definition) is 5. The van der Waals surface area contributed by atoms with Crippen LogP contribution in [0, 0.1) is 13.8 Å². The molecule has 0 aliphatic heterocycles. The fourth-order valence-corrected chi connectivity index (χ4v) is 3.59. The van der Waals surface area contributed by atoms with Gasteiger partial charge in [-0.05, 0) is 39.3 Å². The highest BCUT2D eigenvalue weighted by molar-refractivity contribution is 5.99. The van der Waals surface area contributed by atoms with Crippen molar-refractivity contribution in [3.8, 4) is 11.3 Å². The quantitative estimate of drug-likeness (QED) is 0.427. The molecule has 12 heteroatoms. The molecule has 0 saturated carbocycles. The Morgan fingerprint density at radius 2 is 2.00 bits per heavy atom. The van der Waals surface area contributed by atoms with Gasteiger partial charge in [-0.2, -0.15) is 28.5 Å². The average molecular weight is 460 g/mol. The first-order valence-electron chi connectivity index (χ1n) is 10.5. The van der Waals surface area contributed by atoms with E-state index in [2.05, 4.69) is 25.6 Å². The van der Waals surface area contributed by atoms with Crippen molar-refractivity contribution in [1.82, 2.24) is 39.5 Å². The van der Waals surface area contributed by atoms with Crippen LogP contribution in [0.3, 0.4) is 0 Å². The second-order valence-corrected chi connectivity index (χ2v) is 7.61. The predicted octanol–water partition coefficient (Wildman–Crippen LogP) is 3.26. The van der Waals surface area contributed by atoms with Crippen LogP contribution in [-0.4, -0.2) is 46.6 Å². The molecular formula is C21H23F3N8O. The summed E-state index contributed by atoms with van der Waals surface area (Å²) >= 11 is 0. The van der Waals surface area contributed by atoms with Crippen LogP contribution in [0.5, 0.6) is 0 Å². The summed E-state index contributed by atoms with van der Waals surface area (Å²) in [6, 6.07) is 2.82. The molecule has 1 amide bonds. The van der Waals surface area contributed by atoms with E-state index in [9.17, 15) is 18.0 Å². The molecule has 0 atom stereocenters. The predicted molar refractivity (Wildman–Crippen MR) is 114 cm³/mol. The van der Waals surface area contributed by atoms with E-state index in [1.165, 1.54) is 10.9 Å². The van der Waals surface area contributed by atoms with Crippen molar-refractivity contribution in [1.29, 1.82) is 0 Å². The van der Waals surface area contributed by atoms with Gasteiger partial charge in [0.2, 0.25) is 0 Å². The summed E-state index contributed by atoms with van der Waals surface area (Å²) in [5, 5.41) is 15.2. The zero-order chi connectivity index (χ0) is 23.8. The van der Waals surface area contributed by atoms with Gasteiger partial charge >= 0.3 is 6.18 Å². The molecule has 0 aromatic carbocycles. The lowest BCUT2D eigenvalue weighted by molar-refractivity contribution is -0.141. The third-order valence-corrected chi connectivity index (χ3v) is 5.30. The smallest absolute Gasteiger partial charge is 0.352 e. The first kappa shape index (κ1) is 22.5. The van der Waals surface area contributed by atoms with Gasteiger partial charge in [0.1, 0.15) is 5.56 Å². The number of nitrogens with one attached hydrogen (secondary N) is 1. The van der Waals surface area contributed by atoms with Crippen LogP contribution < -0.4 is 5.32 Å². The van der Waals surface area contributed by atoms with E-state index >= 15 is 0 Å². The van der Waals surface area contributed by atoms with Gasteiger partial charge in [0.15, 0.2) is 11.3 Å². The van der Waals surface area contributed by atoms with Crippen LogP contribution in [0.1, 0.15) is 40.8 Å². The van der Waals surface area contributed by atoms with Crippen molar-refractivity contribution in [3.63, 3.8) is 0 Å². The maximum absolute atomic E-state index is 12.8. The third kappa shape index (κ3) is 4.45. The lowest BCUT2D eigenvalue weighted by atomic mass is 10.2. The molecule has 9 nitrogen and oxygen atoms in total. The number of fused-ring (bicyclic) bond motifs is 1. The summed E-state index contributed by atoms with van der Waals surface area (Å²) in [6.07, 6.45) is 0.928. The van der Waals surface area contributed by atoms with Crippen molar-refractivity contribution in [3.05, 3.63) is 53.4 Å². The van der Waals surface area contributed by atoms with Crippen molar-refractivity contribution in [2.75, 3.05) is 6.54 Å². The number of amides is 1. The minimum absolute atomic E-state index is 0.250. The number of carbonyl (C=O) groups is 1. The number of aromatic nitrogens is 7. The van der Waals surface area contributed by atoms with Crippen molar-refractivity contribution in [2.24, 2.45) is 0 Å². The number of rotatable bonds is 7. The summed E-state index contributed by atoms with van der Waals surface area (Å²) in [6.45, 7) is 6.72. The molecule has 33 heavy (non-hydrogen) atoms. The van der Waals surface area contributed by atoms with Crippen LogP contribution in [0.4, 0.5) is 13.2 Å². The van der Waals surface area contributed by atoms with E-state index in [1.54, 1.807) is 17.6 Å². The Balaban J connectivity index is 1.44.